The molecule has 0 atom stereocenters. The van der Waals surface area contributed by atoms with Crippen LogP contribution in [-0.4, -0.2) is 9.97 Å². The predicted molar refractivity (Wildman–Crippen MR) is 66.7 cm³/mol. The zero-order valence-electron chi connectivity index (χ0n) is 9.77. The smallest absolute Gasteiger partial charge is 0.247 e. The first-order valence-corrected chi connectivity index (χ1v) is 5.53. The fourth-order valence-corrected chi connectivity index (χ4v) is 1.73. The van der Waals surface area contributed by atoms with E-state index in [2.05, 4.69) is 16.9 Å². The van der Waals surface area contributed by atoms with Gasteiger partial charge in [-0.15, -0.1) is 0 Å². The number of rotatable bonds is 1. The van der Waals surface area contributed by atoms with Crippen molar-refractivity contribution in [3.8, 4) is 11.5 Å². The minimum Gasteiger partial charge on any atom is -0.418 e. The summed E-state index contributed by atoms with van der Waals surface area (Å²) in [6.45, 7) is 3.99. The molecule has 2 heterocycles. The Kier molecular flexibility index (Phi) is 2.18. The molecule has 3 heteroatoms. The first-order chi connectivity index (χ1) is 8.22. The minimum atomic E-state index is 0.598. The maximum absolute atomic E-state index is 5.65. The Labute approximate surface area is 99.1 Å². The van der Waals surface area contributed by atoms with Crippen LogP contribution in [0.4, 0.5) is 0 Å². The van der Waals surface area contributed by atoms with Crippen LogP contribution in [0.25, 0.3) is 22.7 Å². The SMILES string of the molecule is Cc1ccc(-c2nc3ccc(C)nc3o2)cc1. The highest BCUT2D eigenvalue weighted by atomic mass is 16.4. The van der Waals surface area contributed by atoms with Crippen molar-refractivity contribution in [2.75, 3.05) is 0 Å². The van der Waals surface area contributed by atoms with Crippen LogP contribution in [0.15, 0.2) is 40.8 Å². The molecular formula is C14H12N2O. The topological polar surface area (TPSA) is 38.9 Å². The van der Waals surface area contributed by atoms with Gasteiger partial charge in [-0.2, -0.15) is 0 Å². The van der Waals surface area contributed by atoms with E-state index >= 15 is 0 Å². The monoisotopic (exact) mass is 224 g/mol. The Hall–Kier alpha value is -2.16. The highest BCUT2D eigenvalue weighted by molar-refractivity contribution is 5.72. The lowest BCUT2D eigenvalue weighted by atomic mass is 10.1. The van der Waals surface area contributed by atoms with Gasteiger partial charge in [0.1, 0.15) is 5.52 Å². The lowest BCUT2D eigenvalue weighted by Crippen LogP contribution is -1.78. The van der Waals surface area contributed by atoms with Gasteiger partial charge in [-0.3, -0.25) is 0 Å². The molecule has 84 valence electrons. The molecule has 0 unspecified atom stereocenters. The van der Waals surface area contributed by atoms with E-state index in [4.69, 9.17) is 4.42 Å². The van der Waals surface area contributed by atoms with Gasteiger partial charge >= 0.3 is 0 Å². The molecule has 3 nitrogen and oxygen atoms in total. The third-order valence-corrected chi connectivity index (χ3v) is 2.69. The molecule has 0 N–H and O–H groups in total. The summed E-state index contributed by atoms with van der Waals surface area (Å²) in [5, 5.41) is 0. The zero-order valence-corrected chi connectivity index (χ0v) is 9.77. The van der Waals surface area contributed by atoms with Crippen LogP contribution >= 0.6 is 0 Å². The number of nitrogens with zero attached hydrogens (tertiary/aromatic N) is 2. The van der Waals surface area contributed by atoms with Gasteiger partial charge in [0, 0.05) is 11.3 Å². The van der Waals surface area contributed by atoms with Gasteiger partial charge in [0.2, 0.25) is 11.6 Å². The van der Waals surface area contributed by atoms with Crippen LogP contribution in [0.2, 0.25) is 0 Å². The molecule has 0 radical (unpaired) electrons. The molecule has 3 rings (SSSR count). The van der Waals surface area contributed by atoms with E-state index < -0.39 is 0 Å². The van der Waals surface area contributed by atoms with E-state index in [0.29, 0.717) is 11.6 Å². The van der Waals surface area contributed by atoms with Crippen LogP contribution < -0.4 is 0 Å². The number of hydrogen-bond acceptors (Lipinski definition) is 3. The van der Waals surface area contributed by atoms with E-state index in [-0.39, 0.29) is 0 Å². The number of oxazole rings is 1. The standard InChI is InChI=1S/C14H12N2O/c1-9-3-6-11(7-4-9)13-16-12-8-5-10(2)15-14(12)17-13/h3-8H,1-2H3. The van der Waals surface area contributed by atoms with Gasteiger partial charge in [0.25, 0.3) is 0 Å². The van der Waals surface area contributed by atoms with Gasteiger partial charge in [0.15, 0.2) is 0 Å². The number of hydrogen-bond donors (Lipinski definition) is 0. The fraction of sp³-hybridized carbons (Fsp3) is 0.143. The molecule has 0 aliphatic rings. The number of fused-ring (bicyclic) bond motifs is 1. The summed E-state index contributed by atoms with van der Waals surface area (Å²) < 4.78 is 5.65. The zero-order chi connectivity index (χ0) is 11.8. The van der Waals surface area contributed by atoms with Gasteiger partial charge in [-0.1, -0.05) is 17.7 Å². The molecule has 0 amide bonds. The second kappa shape index (κ2) is 3.70. The van der Waals surface area contributed by atoms with Gasteiger partial charge < -0.3 is 4.42 Å². The minimum absolute atomic E-state index is 0.598. The van der Waals surface area contributed by atoms with Crippen LogP contribution in [0.3, 0.4) is 0 Å². The van der Waals surface area contributed by atoms with Crippen molar-refractivity contribution < 1.29 is 4.42 Å². The molecule has 0 saturated carbocycles. The average molecular weight is 224 g/mol. The Balaban J connectivity index is 2.14. The van der Waals surface area contributed by atoms with Gasteiger partial charge in [-0.25, -0.2) is 9.97 Å². The lowest BCUT2D eigenvalue weighted by Gasteiger charge is -1.94. The lowest BCUT2D eigenvalue weighted by molar-refractivity contribution is 0.607. The molecule has 0 spiro atoms. The molecule has 0 fully saturated rings. The van der Waals surface area contributed by atoms with E-state index in [0.717, 1.165) is 16.8 Å². The third kappa shape index (κ3) is 1.80. The van der Waals surface area contributed by atoms with Crippen molar-refractivity contribution in [1.82, 2.24) is 9.97 Å². The summed E-state index contributed by atoms with van der Waals surface area (Å²) in [5.74, 6) is 0.623. The fourth-order valence-electron chi connectivity index (χ4n) is 1.73. The van der Waals surface area contributed by atoms with Crippen molar-refractivity contribution in [3.63, 3.8) is 0 Å². The number of benzene rings is 1. The highest BCUT2D eigenvalue weighted by Gasteiger charge is 2.08. The summed E-state index contributed by atoms with van der Waals surface area (Å²) in [7, 11) is 0. The van der Waals surface area contributed by atoms with E-state index in [9.17, 15) is 0 Å². The van der Waals surface area contributed by atoms with Crippen molar-refractivity contribution in [3.05, 3.63) is 47.7 Å². The van der Waals surface area contributed by atoms with Crippen molar-refractivity contribution in [2.24, 2.45) is 0 Å². The molecule has 17 heavy (non-hydrogen) atoms. The normalized spacial score (nSPS) is 10.9. The third-order valence-electron chi connectivity index (χ3n) is 2.69. The summed E-state index contributed by atoms with van der Waals surface area (Å²) in [5.41, 5.74) is 4.53. The Morgan fingerprint density at radius 1 is 0.882 bits per heavy atom. The first-order valence-electron chi connectivity index (χ1n) is 5.53. The Bertz CT molecular complexity index is 668. The number of aromatic nitrogens is 2. The molecule has 1 aromatic carbocycles. The highest BCUT2D eigenvalue weighted by Crippen LogP contribution is 2.23. The largest absolute Gasteiger partial charge is 0.418 e. The molecule has 0 saturated heterocycles. The predicted octanol–water partition coefficient (Wildman–Crippen LogP) is 3.51. The van der Waals surface area contributed by atoms with E-state index in [1.54, 1.807) is 0 Å². The summed E-state index contributed by atoms with van der Waals surface area (Å²) in [4.78, 5) is 8.73. The molecule has 0 aliphatic heterocycles. The molecule has 0 bridgehead atoms. The van der Waals surface area contributed by atoms with Crippen molar-refractivity contribution >= 4 is 11.2 Å². The van der Waals surface area contributed by atoms with Crippen molar-refractivity contribution in [1.29, 1.82) is 0 Å². The second-order valence-corrected chi connectivity index (χ2v) is 4.16. The second-order valence-electron chi connectivity index (χ2n) is 4.16. The summed E-state index contributed by atoms with van der Waals surface area (Å²) in [6.07, 6.45) is 0. The molecular weight excluding hydrogens is 212 g/mol. The molecule has 0 aliphatic carbocycles. The van der Waals surface area contributed by atoms with E-state index in [1.807, 2.05) is 43.3 Å². The van der Waals surface area contributed by atoms with Crippen LogP contribution in [0, 0.1) is 13.8 Å². The van der Waals surface area contributed by atoms with Crippen LogP contribution in [0.1, 0.15) is 11.3 Å². The maximum atomic E-state index is 5.65. The molecule has 3 aromatic rings. The summed E-state index contributed by atoms with van der Waals surface area (Å²) in [6, 6.07) is 12.0. The Morgan fingerprint density at radius 2 is 1.65 bits per heavy atom. The maximum Gasteiger partial charge on any atom is 0.247 e. The van der Waals surface area contributed by atoms with Crippen molar-refractivity contribution in [2.45, 2.75) is 13.8 Å². The number of aryl methyl sites for hydroxylation is 2. The Morgan fingerprint density at radius 3 is 2.41 bits per heavy atom. The van der Waals surface area contributed by atoms with E-state index in [1.165, 1.54) is 5.56 Å². The first kappa shape index (κ1) is 10.0. The molecule has 2 aromatic heterocycles. The van der Waals surface area contributed by atoms with Crippen LogP contribution in [-0.2, 0) is 0 Å². The average Bonchev–Trinajstić information content (AvgIpc) is 2.72. The van der Waals surface area contributed by atoms with Gasteiger partial charge in [0.05, 0.1) is 0 Å². The quantitative estimate of drug-likeness (QED) is 0.635. The van der Waals surface area contributed by atoms with Crippen LogP contribution in [0.5, 0.6) is 0 Å². The summed E-state index contributed by atoms with van der Waals surface area (Å²) >= 11 is 0. The number of pyridine rings is 1. The van der Waals surface area contributed by atoms with Gasteiger partial charge in [-0.05, 0) is 38.1 Å².